The van der Waals surface area contributed by atoms with Crippen molar-refractivity contribution in [3.8, 4) is 11.8 Å². The van der Waals surface area contributed by atoms with E-state index in [4.69, 9.17) is 14.3 Å². The molecule has 0 radical (unpaired) electrons. The molecule has 0 amide bonds. The summed E-state index contributed by atoms with van der Waals surface area (Å²) in [6, 6.07) is 2.54. The van der Waals surface area contributed by atoms with Gasteiger partial charge >= 0.3 is 5.97 Å². The Morgan fingerprint density at radius 1 is 0.784 bits per heavy atom. The normalized spacial score (nSPS) is 12.4. The van der Waals surface area contributed by atoms with E-state index in [2.05, 4.69) is 43.2 Å². The number of unbranched alkanes of at least 4 members (excludes halogenated alkanes) is 6. The number of nitrogens with zero attached hydrogens (tertiary/aromatic N) is 2. The molecule has 6 nitrogen and oxygen atoms in total. The van der Waals surface area contributed by atoms with Crippen LogP contribution in [0.2, 0.25) is 0 Å². The monoisotopic (exact) mass is 554 g/mol. The number of nitriles is 1. The van der Waals surface area contributed by atoms with Crippen LogP contribution in [0.25, 0.3) is 0 Å². The summed E-state index contributed by atoms with van der Waals surface area (Å²) in [5.41, 5.74) is 0. The molecule has 1 unspecified atom stereocenters. The molecule has 0 N–H and O–H groups in total. The van der Waals surface area contributed by atoms with Gasteiger partial charge in [0.25, 0.3) is 8.53 Å². The maximum absolute atomic E-state index is 13.6. The minimum atomic E-state index is -2.31. The van der Waals surface area contributed by atoms with Crippen LogP contribution in [0.3, 0.4) is 0 Å². The number of hydrogen-bond acceptors (Lipinski definition) is 6. The van der Waals surface area contributed by atoms with Crippen LogP contribution in [0.1, 0.15) is 85.5 Å². The zero-order valence-corrected chi connectivity index (χ0v) is 22.7. The highest BCUT2D eigenvalue weighted by Crippen LogP contribution is 2.46. The minimum Gasteiger partial charge on any atom is -0.420 e. The second-order valence-electron chi connectivity index (χ2n) is 8.98. The van der Waals surface area contributed by atoms with Gasteiger partial charge in [-0.3, -0.25) is 4.79 Å². The van der Waals surface area contributed by atoms with E-state index in [0.717, 1.165) is 32.1 Å². The van der Waals surface area contributed by atoms with Gasteiger partial charge in [0.1, 0.15) is 0 Å². The lowest BCUT2D eigenvalue weighted by Crippen LogP contribution is -2.33. The Labute approximate surface area is 217 Å². The van der Waals surface area contributed by atoms with Crippen LogP contribution in [0.4, 0.5) is 22.0 Å². The first kappa shape index (κ1) is 33.2. The third-order valence-corrected chi connectivity index (χ3v) is 7.38. The molecule has 0 aliphatic heterocycles. The summed E-state index contributed by atoms with van der Waals surface area (Å²) in [7, 11) is -1.25. The van der Waals surface area contributed by atoms with Crippen molar-refractivity contribution in [2.45, 2.75) is 97.6 Å². The smallest absolute Gasteiger partial charge is 0.311 e. The Morgan fingerprint density at radius 2 is 1.24 bits per heavy atom. The van der Waals surface area contributed by atoms with Crippen LogP contribution in [0.5, 0.6) is 5.75 Å². The Kier molecular flexibility index (Phi) is 15.8. The van der Waals surface area contributed by atoms with Gasteiger partial charge in [0, 0.05) is 18.5 Å². The summed E-state index contributed by atoms with van der Waals surface area (Å²) in [6.45, 7) is 9.16. The molecular formula is C25H36F5N2O4P. The lowest BCUT2D eigenvalue weighted by atomic mass is 10.1. The van der Waals surface area contributed by atoms with Crippen LogP contribution >= 0.6 is 8.53 Å². The lowest BCUT2D eigenvalue weighted by Gasteiger charge is -2.35. The third-order valence-electron chi connectivity index (χ3n) is 5.27. The number of benzene rings is 1. The second-order valence-corrected chi connectivity index (χ2v) is 10.4. The van der Waals surface area contributed by atoms with Gasteiger partial charge in [-0.2, -0.15) is 14.0 Å². The van der Waals surface area contributed by atoms with Crippen molar-refractivity contribution in [3.63, 3.8) is 0 Å². The molecule has 37 heavy (non-hydrogen) atoms. The number of rotatable bonds is 18. The predicted molar refractivity (Wildman–Crippen MR) is 130 cm³/mol. The first-order valence-electron chi connectivity index (χ1n) is 12.5. The van der Waals surface area contributed by atoms with Gasteiger partial charge in [-0.1, -0.05) is 32.1 Å². The molecule has 0 bridgehead atoms. The van der Waals surface area contributed by atoms with E-state index in [1.165, 1.54) is 0 Å². The summed E-state index contributed by atoms with van der Waals surface area (Å²) in [5.74, 6) is -13.6. The molecule has 0 heterocycles. The molecule has 0 aromatic heterocycles. The summed E-state index contributed by atoms with van der Waals surface area (Å²) in [5, 5.41) is 8.76. The molecule has 0 saturated heterocycles. The average molecular weight is 555 g/mol. The molecule has 1 aromatic rings. The fraction of sp³-hybridized carbons (Fsp3) is 0.680. The van der Waals surface area contributed by atoms with Crippen molar-refractivity contribution in [1.29, 1.82) is 5.26 Å². The highest BCUT2D eigenvalue weighted by molar-refractivity contribution is 7.44. The van der Waals surface area contributed by atoms with E-state index >= 15 is 0 Å². The SMILES string of the molecule is CC(C)N(C(C)C)P(OCCC#N)OCCCCCCCCCC(=O)Oc1c(F)c(F)c(F)c(F)c1F. The number of hydrogen-bond donors (Lipinski definition) is 0. The topological polar surface area (TPSA) is 71.8 Å². The maximum atomic E-state index is 13.6. The Bertz CT molecular complexity index is 862. The van der Waals surface area contributed by atoms with Crippen LogP contribution in [0, 0.1) is 40.4 Å². The van der Waals surface area contributed by atoms with E-state index in [1.54, 1.807) is 0 Å². The Morgan fingerprint density at radius 3 is 1.76 bits per heavy atom. The number of carbonyl (C=O) groups is 1. The maximum Gasteiger partial charge on any atom is 0.311 e. The van der Waals surface area contributed by atoms with E-state index in [1.807, 2.05) is 0 Å². The van der Waals surface area contributed by atoms with Crippen LogP contribution in [-0.2, 0) is 13.8 Å². The van der Waals surface area contributed by atoms with E-state index in [-0.39, 0.29) is 18.5 Å². The first-order chi connectivity index (χ1) is 17.5. The Balaban J connectivity index is 2.26. The van der Waals surface area contributed by atoms with Gasteiger partial charge in [-0.05, 0) is 40.5 Å². The van der Waals surface area contributed by atoms with E-state index in [0.29, 0.717) is 32.5 Å². The molecule has 0 aliphatic carbocycles. The minimum absolute atomic E-state index is 0.203. The molecule has 210 valence electrons. The van der Waals surface area contributed by atoms with Gasteiger partial charge in [-0.25, -0.2) is 17.8 Å². The quantitative estimate of drug-likeness (QED) is 0.0352. The molecule has 12 heteroatoms. The molecule has 0 fully saturated rings. The molecule has 0 saturated carbocycles. The van der Waals surface area contributed by atoms with Crippen molar-refractivity contribution in [1.82, 2.24) is 4.67 Å². The van der Waals surface area contributed by atoms with E-state index < -0.39 is 49.3 Å². The summed E-state index contributed by atoms with van der Waals surface area (Å²) in [6.07, 6.45) is 5.57. The fourth-order valence-corrected chi connectivity index (χ4v) is 5.18. The van der Waals surface area contributed by atoms with Crippen molar-refractivity contribution in [3.05, 3.63) is 29.1 Å². The van der Waals surface area contributed by atoms with Crippen molar-refractivity contribution in [2.24, 2.45) is 0 Å². The molecule has 0 aliphatic rings. The summed E-state index contributed by atoms with van der Waals surface area (Å²) >= 11 is 0. The Hall–Kier alpha value is -1.86. The van der Waals surface area contributed by atoms with Crippen LogP contribution in [0.15, 0.2) is 0 Å². The molecule has 0 spiro atoms. The summed E-state index contributed by atoms with van der Waals surface area (Å²) < 4.78 is 85.0. The van der Waals surface area contributed by atoms with Gasteiger partial charge in [-0.15, -0.1) is 0 Å². The largest absolute Gasteiger partial charge is 0.420 e. The van der Waals surface area contributed by atoms with Crippen LogP contribution in [-0.4, -0.2) is 35.9 Å². The van der Waals surface area contributed by atoms with Crippen LogP contribution < -0.4 is 4.74 Å². The lowest BCUT2D eigenvalue weighted by molar-refractivity contribution is -0.135. The van der Waals surface area contributed by atoms with Crippen molar-refractivity contribution in [2.75, 3.05) is 13.2 Å². The summed E-state index contributed by atoms with van der Waals surface area (Å²) in [4.78, 5) is 11.8. The number of carbonyl (C=O) groups excluding carboxylic acids is 1. The van der Waals surface area contributed by atoms with Gasteiger partial charge in [0.2, 0.25) is 34.8 Å². The van der Waals surface area contributed by atoms with E-state index in [9.17, 15) is 26.7 Å². The fourth-order valence-electron chi connectivity index (χ4n) is 3.55. The van der Waals surface area contributed by atoms with Crippen molar-refractivity contribution >= 4 is 14.5 Å². The number of halogens is 5. The standard InChI is InChI=1S/C25H36F5N2O4P/c1-17(2)32(18(3)4)37(35-16-12-14-31)34-15-11-9-7-5-6-8-10-13-19(33)36-25-23(29)21(27)20(26)22(28)24(25)30/h17-18H,5-13,15-16H2,1-4H3. The highest BCUT2D eigenvalue weighted by atomic mass is 31.2. The third kappa shape index (κ3) is 11.2. The zero-order valence-electron chi connectivity index (χ0n) is 21.8. The molecule has 1 aromatic carbocycles. The van der Waals surface area contributed by atoms with Gasteiger partial charge in [0.05, 0.1) is 25.7 Å². The van der Waals surface area contributed by atoms with Crippen molar-refractivity contribution < 1.29 is 40.5 Å². The predicted octanol–water partition coefficient (Wildman–Crippen LogP) is 7.70. The first-order valence-corrected chi connectivity index (χ1v) is 13.6. The van der Waals surface area contributed by atoms with Gasteiger partial charge < -0.3 is 13.8 Å². The highest BCUT2D eigenvalue weighted by Gasteiger charge is 2.29. The van der Waals surface area contributed by atoms with Gasteiger partial charge in [0.15, 0.2) is 0 Å². The number of esters is 1. The molecular weight excluding hydrogens is 518 g/mol. The molecule has 1 rings (SSSR count). The second kappa shape index (κ2) is 17.6. The zero-order chi connectivity index (χ0) is 28.0. The molecule has 1 atom stereocenters. The number of ether oxygens (including phenoxy) is 1. The average Bonchev–Trinajstić information content (AvgIpc) is 2.84.